The highest BCUT2D eigenvalue weighted by atomic mass is 35.5. The van der Waals surface area contributed by atoms with E-state index >= 15 is 0 Å². The summed E-state index contributed by atoms with van der Waals surface area (Å²) < 4.78 is 19.9. The van der Waals surface area contributed by atoms with Crippen molar-refractivity contribution in [2.24, 2.45) is 0 Å². The fourth-order valence-corrected chi connectivity index (χ4v) is 3.12. The number of nitrogens with one attached hydrogen (secondary N) is 1. The van der Waals surface area contributed by atoms with Crippen molar-refractivity contribution >= 4 is 29.5 Å². The lowest BCUT2D eigenvalue weighted by Gasteiger charge is -2.19. The van der Waals surface area contributed by atoms with Crippen molar-refractivity contribution in [3.05, 3.63) is 59.8 Å². The molecule has 29 heavy (non-hydrogen) atoms. The Morgan fingerprint density at radius 2 is 2.10 bits per heavy atom. The molecular weight excluding hydrogens is 399 g/mol. The molecule has 150 valence electrons. The number of ether oxygens (including phenoxy) is 1. The van der Waals surface area contributed by atoms with Crippen LogP contribution in [0.4, 0.5) is 21.0 Å². The smallest absolute Gasteiger partial charge is 0.416 e. The van der Waals surface area contributed by atoms with Gasteiger partial charge in [0.25, 0.3) is 0 Å². The molecule has 2 atom stereocenters. The monoisotopic (exact) mass is 416 g/mol. The highest BCUT2D eigenvalue weighted by Crippen LogP contribution is 2.24. The van der Waals surface area contributed by atoms with E-state index in [2.05, 4.69) is 20.3 Å². The van der Waals surface area contributed by atoms with Crippen LogP contribution in [0, 0.1) is 0 Å². The molecule has 0 saturated carbocycles. The van der Waals surface area contributed by atoms with E-state index in [4.69, 9.17) is 16.3 Å². The minimum absolute atomic E-state index is 0.000629. The number of halogens is 2. The number of carbonyl (C=O) groups excluding carboxylic acids is 1. The number of imidazole rings is 1. The van der Waals surface area contributed by atoms with Gasteiger partial charge < -0.3 is 14.6 Å². The van der Waals surface area contributed by atoms with Crippen molar-refractivity contribution in [3.8, 4) is 5.69 Å². The molecule has 3 aromatic rings. The highest BCUT2D eigenvalue weighted by molar-refractivity contribution is 6.30. The third-order valence-electron chi connectivity index (χ3n) is 4.54. The van der Waals surface area contributed by atoms with E-state index in [0.717, 1.165) is 11.4 Å². The summed E-state index contributed by atoms with van der Waals surface area (Å²) in [6.07, 6.45) is 4.49. The molecule has 0 aliphatic carbocycles. The summed E-state index contributed by atoms with van der Waals surface area (Å²) in [5.74, 6) is 0.583. The molecule has 1 aromatic carbocycles. The van der Waals surface area contributed by atoms with Gasteiger partial charge in [-0.3, -0.25) is 4.90 Å². The number of benzene rings is 1. The number of amides is 1. The summed E-state index contributed by atoms with van der Waals surface area (Å²) in [5.41, 5.74) is 1.71. The summed E-state index contributed by atoms with van der Waals surface area (Å²) in [4.78, 5) is 26.0. The Bertz CT molecular complexity index is 1010. The molecule has 1 aliphatic rings. The molecule has 0 spiro atoms. The van der Waals surface area contributed by atoms with Crippen LogP contribution in [0.5, 0.6) is 0 Å². The van der Waals surface area contributed by atoms with E-state index in [1.165, 1.54) is 11.1 Å². The molecule has 1 aliphatic heterocycles. The Hall–Kier alpha value is -3.20. The highest BCUT2D eigenvalue weighted by Gasteiger charge is 2.35. The first-order chi connectivity index (χ1) is 14.0. The molecule has 0 radical (unpaired) electrons. The van der Waals surface area contributed by atoms with E-state index in [1.54, 1.807) is 12.4 Å². The number of anilines is 2. The van der Waals surface area contributed by atoms with Crippen LogP contribution in [0.15, 0.2) is 49.1 Å². The lowest BCUT2D eigenvalue weighted by atomic mass is 10.2. The predicted octanol–water partition coefficient (Wildman–Crippen LogP) is 3.78. The number of rotatable bonds is 6. The molecule has 3 heterocycles. The van der Waals surface area contributed by atoms with Gasteiger partial charge in [-0.2, -0.15) is 4.98 Å². The lowest BCUT2D eigenvalue weighted by Crippen LogP contribution is -2.35. The third-order valence-corrected chi connectivity index (χ3v) is 4.80. The number of aromatic nitrogens is 4. The minimum Gasteiger partial charge on any atom is -0.447 e. The van der Waals surface area contributed by atoms with Gasteiger partial charge >= 0.3 is 6.09 Å². The summed E-state index contributed by atoms with van der Waals surface area (Å²) in [6.45, 7) is 1.21. The number of hydrogen-bond donors (Lipinski definition) is 1. The molecule has 10 heteroatoms. The number of alkyl halides is 1. The Morgan fingerprint density at radius 3 is 2.86 bits per heavy atom. The van der Waals surface area contributed by atoms with Crippen LogP contribution in [0.1, 0.15) is 18.7 Å². The maximum atomic E-state index is 13.2. The zero-order chi connectivity index (χ0) is 20.4. The number of hydrogen-bond acceptors (Lipinski definition) is 6. The van der Waals surface area contributed by atoms with Crippen LogP contribution in [0.25, 0.3) is 5.69 Å². The standard InChI is InChI=1S/C19H18ClFN6O2/c1-12(16-9-26(11-23-16)14-4-2-13(20)3-5-14)24-18-22-7-6-17(25-18)27-15(8-21)10-29-19(27)28/h2-7,9,11-12,15H,8,10H2,1H3,(H,22,24,25)/t12-,15?/m0/s1. The maximum absolute atomic E-state index is 13.2. The number of cyclic esters (lactones) is 1. The second kappa shape index (κ2) is 8.04. The normalized spacial score (nSPS) is 17.3. The maximum Gasteiger partial charge on any atom is 0.416 e. The second-order valence-corrected chi connectivity index (χ2v) is 6.98. The van der Waals surface area contributed by atoms with Gasteiger partial charge in [-0.15, -0.1) is 0 Å². The fourth-order valence-electron chi connectivity index (χ4n) is 2.99. The Labute approximate surface area is 171 Å². The molecule has 0 bridgehead atoms. The minimum atomic E-state index is -0.711. The Morgan fingerprint density at radius 1 is 1.31 bits per heavy atom. The topological polar surface area (TPSA) is 85.2 Å². The summed E-state index contributed by atoms with van der Waals surface area (Å²) >= 11 is 5.93. The Kier molecular flexibility index (Phi) is 5.30. The second-order valence-electron chi connectivity index (χ2n) is 6.54. The average Bonchev–Trinajstić information content (AvgIpc) is 3.35. The van der Waals surface area contributed by atoms with E-state index < -0.39 is 18.8 Å². The summed E-state index contributed by atoms with van der Waals surface area (Å²) in [5, 5.41) is 3.82. The molecule has 1 saturated heterocycles. The largest absolute Gasteiger partial charge is 0.447 e. The van der Waals surface area contributed by atoms with E-state index in [0.29, 0.717) is 11.0 Å². The zero-order valence-corrected chi connectivity index (χ0v) is 16.3. The fraction of sp³-hybridized carbons (Fsp3) is 0.263. The van der Waals surface area contributed by atoms with Crippen molar-refractivity contribution in [2.75, 3.05) is 23.5 Å². The van der Waals surface area contributed by atoms with Gasteiger partial charge in [-0.05, 0) is 37.3 Å². The summed E-state index contributed by atoms with van der Waals surface area (Å²) in [7, 11) is 0. The van der Waals surface area contributed by atoms with Crippen molar-refractivity contribution in [1.29, 1.82) is 0 Å². The van der Waals surface area contributed by atoms with Gasteiger partial charge in [0.1, 0.15) is 25.1 Å². The van der Waals surface area contributed by atoms with Crippen LogP contribution in [0.3, 0.4) is 0 Å². The molecule has 1 amide bonds. The molecule has 1 N–H and O–H groups in total. The predicted molar refractivity (Wildman–Crippen MR) is 106 cm³/mol. The van der Waals surface area contributed by atoms with Gasteiger partial charge in [0.15, 0.2) is 0 Å². The van der Waals surface area contributed by atoms with Gasteiger partial charge in [-0.1, -0.05) is 11.6 Å². The quantitative estimate of drug-likeness (QED) is 0.658. The van der Waals surface area contributed by atoms with Crippen LogP contribution < -0.4 is 10.2 Å². The third kappa shape index (κ3) is 4.00. The first-order valence-electron chi connectivity index (χ1n) is 8.96. The van der Waals surface area contributed by atoms with Crippen LogP contribution >= 0.6 is 11.6 Å². The lowest BCUT2D eigenvalue weighted by molar-refractivity contribution is 0.177. The van der Waals surface area contributed by atoms with Gasteiger partial charge in [0, 0.05) is 23.1 Å². The summed E-state index contributed by atoms with van der Waals surface area (Å²) in [6, 6.07) is 8.07. The van der Waals surface area contributed by atoms with E-state index in [9.17, 15) is 9.18 Å². The molecular formula is C19H18ClFN6O2. The van der Waals surface area contributed by atoms with Gasteiger partial charge in [0.05, 0.1) is 18.1 Å². The van der Waals surface area contributed by atoms with Crippen molar-refractivity contribution in [2.45, 2.75) is 19.0 Å². The van der Waals surface area contributed by atoms with Crippen molar-refractivity contribution in [3.63, 3.8) is 0 Å². The number of carbonyl (C=O) groups is 1. The SMILES string of the molecule is C[C@H](Nc1nccc(N2C(=O)OCC2CF)n1)c1cn(-c2ccc(Cl)cc2)cn1. The molecule has 2 aromatic heterocycles. The first kappa shape index (κ1) is 19.1. The zero-order valence-electron chi connectivity index (χ0n) is 15.5. The van der Waals surface area contributed by atoms with Crippen LogP contribution in [-0.4, -0.2) is 44.9 Å². The van der Waals surface area contributed by atoms with Gasteiger partial charge in [0.2, 0.25) is 5.95 Å². The van der Waals surface area contributed by atoms with Crippen LogP contribution in [0.2, 0.25) is 5.02 Å². The van der Waals surface area contributed by atoms with Crippen LogP contribution in [-0.2, 0) is 4.74 Å². The molecule has 1 fully saturated rings. The van der Waals surface area contributed by atoms with E-state index in [1.807, 2.05) is 42.0 Å². The molecule has 1 unspecified atom stereocenters. The number of nitrogens with zero attached hydrogens (tertiary/aromatic N) is 5. The first-order valence-corrected chi connectivity index (χ1v) is 9.34. The van der Waals surface area contributed by atoms with Crippen molar-refractivity contribution < 1.29 is 13.9 Å². The van der Waals surface area contributed by atoms with Crippen molar-refractivity contribution in [1.82, 2.24) is 19.5 Å². The average molecular weight is 417 g/mol. The van der Waals surface area contributed by atoms with Gasteiger partial charge in [-0.25, -0.2) is 19.2 Å². The molecule has 4 rings (SSSR count). The Balaban J connectivity index is 1.50. The van der Waals surface area contributed by atoms with E-state index in [-0.39, 0.29) is 18.5 Å². The molecule has 8 nitrogen and oxygen atoms in total.